The molecule has 33 heteroatoms. The van der Waals surface area contributed by atoms with E-state index in [1.165, 1.54) is 49.7 Å². The highest BCUT2D eigenvalue weighted by Crippen LogP contribution is 2.60. The Balaban J connectivity index is 0.000000240. The molecule has 666 valence electrons. The van der Waals surface area contributed by atoms with Gasteiger partial charge in [-0.2, -0.15) is 16.8 Å². The van der Waals surface area contributed by atoms with Gasteiger partial charge < -0.3 is 47.7 Å². The smallest absolute Gasteiger partial charge is 0.362 e. The Morgan fingerprint density at radius 2 is 0.942 bits per heavy atom. The Kier molecular flexibility index (Phi) is 29.9. The zero-order valence-electron chi connectivity index (χ0n) is 73.0. The lowest BCUT2D eigenvalue weighted by atomic mass is 9.77. The van der Waals surface area contributed by atoms with Crippen LogP contribution in [0.1, 0.15) is 233 Å². The van der Waals surface area contributed by atoms with Gasteiger partial charge in [0.25, 0.3) is 0 Å². The summed E-state index contributed by atoms with van der Waals surface area (Å²) in [5.41, 5.74) is -6.44. The lowest BCUT2D eigenvalue weighted by molar-refractivity contribution is -0.161. The highest BCUT2D eigenvalue weighted by Gasteiger charge is 2.64. The van der Waals surface area contributed by atoms with Gasteiger partial charge in [-0.1, -0.05) is 129 Å². The van der Waals surface area contributed by atoms with Crippen LogP contribution in [0.25, 0.3) is 21.8 Å². The summed E-state index contributed by atoms with van der Waals surface area (Å²) >= 11 is 13.2. The van der Waals surface area contributed by atoms with Crippen LogP contribution in [-0.4, -0.2) is 202 Å². The molecule has 5 saturated carbocycles. The van der Waals surface area contributed by atoms with Crippen LogP contribution in [0, 0.1) is 45.3 Å². The molecule has 0 bridgehead atoms. The second-order valence-electron chi connectivity index (χ2n) is 38.3. The number of nitrogens with one attached hydrogen (secondary N) is 2. The second-order valence-corrected chi connectivity index (χ2v) is 41.7. The number of hydrogen-bond donors (Lipinski definition) is 2. The van der Waals surface area contributed by atoms with Gasteiger partial charge in [0.15, 0.2) is 17.9 Å². The van der Waals surface area contributed by atoms with Crippen molar-refractivity contribution in [2.24, 2.45) is 45.3 Å². The van der Waals surface area contributed by atoms with Gasteiger partial charge in [0.1, 0.15) is 48.1 Å². The van der Waals surface area contributed by atoms with E-state index in [4.69, 9.17) is 69.5 Å². The number of likely N-dealkylation sites (tertiary alicyclic amines) is 3. The van der Waals surface area contributed by atoms with Gasteiger partial charge >= 0.3 is 32.5 Å². The Morgan fingerprint density at radius 3 is 1.26 bits per heavy atom. The van der Waals surface area contributed by atoms with E-state index in [1.807, 2.05) is 61.5 Å². The number of carbonyl (C=O) groups is 8. The van der Waals surface area contributed by atoms with E-state index < -0.39 is 154 Å². The number of halogens is 2. The molecule has 4 aromatic rings. The van der Waals surface area contributed by atoms with Crippen LogP contribution >= 0.6 is 23.2 Å². The predicted octanol–water partition coefficient (Wildman–Crippen LogP) is 13.5. The number of carbonyl (C=O) groups excluding carboxylic acids is 8. The maximum absolute atomic E-state index is 14.8. The molecule has 8 aliphatic rings. The predicted molar refractivity (Wildman–Crippen MR) is 450 cm³/mol. The summed E-state index contributed by atoms with van der Waals surface area (Å²) in [6.07, 6.45) is 7.96. The Bertz CT molecular complexity index is 4650. The number of hydrogen-bond acceptors (Lipinski definition) is 25. The van der Waals surface area contributed by atoms with Crippen LogP contribution in [0.3, 0.4) is 0 Å². The van der Waals surface area contributed by atoms with Crippen LogP contribution in [0.15, 0.2) is 48.5 Å². The zero-order chi connectivity index (χ0) is 88.3. The molecule has 0 radical (unpaired) electrons. The molecule has 4 amide bonds. The molecule has 12 rings (SSSR count). The van der Waals surface area contributed by atoms with E-state index in [1.54, 1.807) is 97.9 Å². The van der Waals surface area contributed by atoms with Crippen molar-refractivity contribution < 1.29 is 101 Å². The number of methoxy groups -OCH3 is 2. The van der Waals surface area contributed by atoms with Crippen molar-refractivity contribution in [2.45, 2.75) is 286 Å². The third kappa shape index (κ3) is 24.9. The molecule has 5 aliphatic carbocycles. The molecule has 2 aromatic carbocycles. The highest BCUT2D eigenvalue weighted by atomic mass is 35.5. The maximum atomic E-state index is 14.8. The summed E-state index contributed by atoms with van der Waals surface area (Å²) in [6.45, 7) is 31.8. The topological polar surface area (TPSA) is 357 Å². The largest absolute Gasteiger partial charge is 0.488 e. The highest BCUT2D eigenvalue weighted by molar-refractivity contribution is 7.85. The number of amides is 4. The molecular formula is C87H125Cl2N7O22S2. The van der Waals surface area contributed by atoms with Gasteiger partial charge in [0.05, 0.1) is 93.0 Å². The van der Waals surface area contributed by atoms with E-state index in [0.717, 1.165) is 26.1 Å². The second kappa shape index (κ2) is 37.8. The maximum Gasteiger partial charge on any atom is 0.362 e. The third-order valence-electron chi connectivity index (χ3n) is 23.9. The summed E-state index contributed by atoms with van der Waals surface area (Å²) in [5.74, 6) is -5.44. The minimum absolute atomic E-state index is 0.00285. The summed E-state index contributed by atoms with van der Waals surface area (Å²) < 4.78 is 113. The number of ether oxygens (including phenoxy) is 8. The van der Waals surface area contributed by atoms with Gasteiger partial charge in [-0.15, -0.1) is 0 Å². The minimum Gasteiger partial charge on any atom is -0.488 e. The number of para-hydroxylation sites is 2. The number of fused-ring (bicyclic) bond motifs is 2. The van der Waals surface area contributed by atoms with Crippen LogP contribution in [-0.2, 0) is 86.3 Å². The first-order chi connectivity index (χ1) is 55.9. The average molecular weight is 1760 g/mol. The molecule has 2 aromatic heterocycles. The van der Waals surface area contributed by atoms with Crippen LogP contribution in [0.4, 0.5) is 0 Å². The monoisotopic (exact) mass is 1750 g/mol. The molecule has 8 fully saturated rings. The number of ketones is 2. The van der Waals surface area contributed by atoms with Crippen molar-refractivity contribution in [3.8, 4) is 23.3 Å². The lowest BCUT2D eigenvalue weighted by Gasteiger charge is -2.35. The van der Waals surface area contributed by atoms with Crippen molar-refractivity contribution in [3.63, 3.8) is 0 Å². The molecule has 5 heterocycles. The molecule has 120 heavy (non-hydrogen) atoms. The van der Waals surface area contributed by atoms with Crippen molar-refractivity contribution >= 4 is 113 Å². The zero-order valence-corrected chi connectivity index (χ0v) is 76.1. The van der Waals surface area contributed by atoms with Gasteiger partial charge in [-0.3, -0.25) is 43.3 Å². The Morgan fingerprint density at radius 1 is 0.558 bits per heavy atom. The quantitative estimate of drug-likeness (QED) is 0.0319. The van der Waals surface area contributed by atoms with Gasteiger partial charge in [-0.25, -0.2) is 27.8 Å². The first-order valence-electron chi connectivity index (χ1n) is 42.2. The molecule has 0 unspecified atom stereocenters. The first kappa shape index (κ1) is 95.1. The summed E-state index contributed by atoms with van der Waals surface area (Å²) in [7, 11) is -5.91. The van der Waals surface area contributed by atoms with E-state index in [2.05, 4.69) is 24.3 Å². The summed E-state index contributed by atoms with van der Waals surface area (Å²) in [6, 6.07) is 11.7. The van der Waals surface area contributed by atoms with Gasteiger partial charge in [0.2, 0.25) is 35.4 Å². The SMILES string of the molecule is C1CCC1.CC[C@@H]1C[C@]1(CC(=O)[C@@H]1C[C@@H](Oc2cc(OCC(OC)OC)nc3c(Cl)cccc23)CN1C(=O)[C@@H](CC(=O)OC(C)(C)C)C(C)(C)C)C(=O)NS(=O)(=O)OC1(C)CC1.CC[C@@H]1C[C@]1(CC(=O)[C@@H]1C[C@@H](Oc2cc(OCCN3CCC3)nc3c(Cl)cccc23)CN1C(=O)[C@@H](CC(=O)OC(C)(C)C)C(C)(C)C)C(=O)NS(=O)(=O)OC1(C)CC1. The van der Waals surface area contributed by atoms with Crippen molar-refractivity contribution in [1.82, 2.24) is 34.1 Å². The molecule has 3 aliphatic heterocycles. The number of aromatic nitrogens is 2. The number of nitrogens with zero attached hydrogens (tertiary/aromatic N) is 5. The molecule has 29 nitrogen and oxygen atoms in total. The fourth-order valence-electron chi connectivity index (χ4n) is 15.8. The minimum atomic E-state index is -4.44. The van der Waals surface area contributed by atoms with Crippen molar-refractivity contribution in [2.75, 3.05) is 60.2 Å². The molecule has 2 N–H and O–H groups in total. The van der Waals surface area contributed by atoms with E-state index >= 15 is 0 Å². The average Bonchev–Trinajstić information content (AvgIpc) is 1.58. The van der Waals surface area contributed by atoms with E-state index in [9.17, 15) is 55.2 Å². The molecule has 0 spiro atoms. The normalized spacial score (nSPS) is 24.1. The Hall–Kier alpha value is -7.10. The molecule has 3 saturated heterocycles. The van der Waals surface area contributed by atoms with Gasteiger partial charge in [-0.05, 0) is 160 Å². The molecule has 10 atom stereocenters. The fourth-order valence-corrected chi connectivity index (χ4v) is 18.6. The summed E-state index contributed by atoms with van der Waals surface area (Å²) in [4.78, 5) is 127. The third-order valence-corrected chi connectivity index (χ3v) is 26.7. The number of pyridine rings is 2. The standard InChI is InChI=1S/C42H59ClN4O10S.C41H58ClN3O12S.C4H8/c1-9-26-23-42(26,38(51)45-58(52,53)57-41(8)14-15-41)24-32(48)31-20-27(25-47(31)37(50)29(39(2,3)4)21-35(49)56-40(5,6)7)55-33-22-34(54-19-18-46-16-11-17-46)44-36-28(33)12-10-13-30(36)43;1-11-24-20-41(24,37(49)44-58(50,51)57-40(8)15-16-40)21-30(46)29-17-25(22-45(29)36(48)27(38(2,3)4)18-33(47)56-39(5,6)7)55-31-19-32(54-23-34(52-9)53-10)43-35-26(31)13-12-14-28(35)42;1-2-4-3-1/h10,12-13,22,26-27,29,31H,9,11,14-21,23-25H2,1-8H3,(H,45,51);12-14,19,24-25,27,29,34H,11,15-18,20-23H2,1-10H3,(H,44,49);1-4H2/t26-,27-,29-,31+,42-;24-,25-,27-,29+,41-;/m11./s1. The number of esters is 2. The van der Waals surface area contributed by atoms with Crippen LogP contribution in [0.2, 0.25) is 10.0 Å². The van der Waals surface area contributed by atoms with Crippen molar-refractivity contribution in [1.29, 1.82) is 0 Å². The van der Waals surface area contributed by atoms with E-state index in [-0.39, 0.29) is 82.4 Å². The number of benzene rings is 2. The van der Waals surface area contributed by atoms with Crippen LogP contribution in [0.5, 0.6) is 23.3 Å². The lowest BCUT2D eigenvalue weighted by Crippen LogP contribution is -2.49. The van der Waals surface area contributed by atoms with Crippen molar-refractivity contribution in [3.05, 3.63) is 58.6 Å². The van der Waals surface area contributed by atoms with Gasteiger partial charge in [0, 0.05) is 69.4 Å². The number of Topliss-reactive ketones (excluding diaryl/α,β-unsaturated/α-hetero) is 2. The first-order valence-corrected chi connectivity index (χ1v) is 45.7. The van der Waals surface area contributed by atoms with E-state index in [0.29, 0.717) is 101 Å². The fraction of sp³-hybridized carbons (Fsp3) is 0.701. The molecular weight excluding hydrogens is 1630 g/mol. The number of rotatable bonds is 35. The Labute approximate surface area is 717 Å². The summed E-state index contributed by atoms with van der Waals surface area (Å²) in [5, 5.41) is 1.92. The van der Waals surface area contributed by atoms with Crippen LogP contribution < -0.4 is 28.4 Å².